The van der Waals surface area contributed by atoms with Gasteiger partial charge in [0, 0.05) is 25.2 Å². The molecule has 2 heterocycles. The molecule has 2 fully saturated rings. The molecule has 3 nitrogen and oxygen atoms in total. The molecule has 2 aliphatic rings. The Balaban J connectivity index is 1.76. The minimum absolute atomic E-state index is 0.0928. The number of rotatable bonds is 1. The van der Waals surface area contributed by atoms with Gasteiger partial charge in [-0.25, -0.2) is 4.39 Å². The summed E-state index contributed by atoms with van der Waals surface area (Å²) in [6.07, 6.45) is 2.27. The van der Waals surface area contributed by atoms with Crippen molar-refractivity contribution in [3.05, 3.63) is 24.5 Å². The Labute approximate surface area is 93.9 Å². The van der Waals surface area contributed by atoms with Crippen LogP contribution < -0.4 is 4.90 Å². The van der Waals surface area contributed by atoms with E-state index in [-0.39, 0.29) is 5.92 Å². The molecule has 4 heteroatoms. The highest BCUT2D eigenvalue weighted by atomic mass is 19.1. The summed E-state index contributed by atoms with van der Waals surface area (Å²) >= 11 is 0. The van der Waals surface area contributed by atoms with Crippen molar-refractivity contribution in [2.24, 2.45) is 11.8 Å². The van der Waals surface area contributed by atoms with E-state index < -0.39 is 12.3 Å². The Morgan fingerprint density at radius 1 is 1.44 bits per heavy atom. The van der Waals surface area contributed by atoms with E-state index in [1.807, 2.05) is 18.3 Å². The maximum Gasteiger partial charge on any atom is 0.127 e. The first-order chi connectivity index (χ1) is 7.75. The third-order valence-corrected chi connectivity index (χ3v) is 3.84. The third kappa shape index (κ3) is 1.48. The quantitative estimate of drug-likeness (QED) is 0.776. The number of anilines is 1. The number of aliphatic hydroxyl groups is 1. The summed E-state index contributed by atoms with van der Waals surface area (Å²) in [5.41, 5.74) is 1.07. The van der Waals surface area contributed by atoms with Gasteiger partial charge in [0.25, 0.3) is 0 Å². The molecule has 1 aliphatic carbocycles. The molecule has 0 amide bonds. The van der Waals surface area contributed by atoms with E-state index in [0.717, 1.165) is 18.8 Å². The highest BCUT2D eigenvalue weighted by Crippen LogP contribution is 2.41. The summed E-state index contributed by atoms with van der Waals surface area (Å²) in [6.45, 7) is 1.59. The monoisotopic (exact) mass is 222 g/mol. The minimum atomic E-state index is -1.02. The average Bonchev–Trinajstić information content (AvgIpc) is 2.82. The van der Waals surface area contributed by atoms with Gasteiger partial charge in [0.15, 0.2) is 0 Å². The van der Waals surface area contributed by atoms with Crippen molar-refractivity contribution in [3.8, 4) is 0 Å². The van der Waals surface area contributed by atoms with Crippen LogP contribution in [-0.2, 0) is 0 Å². The number of nitrogens with zero attached hydrogens (tertiary/aromatic N) is 2. The van der Waals surface area contributed by atoms with Crippen molar-refractivity contribution in [1.82, 2.24) is 4.98 Å². The van der Waals surface area contributed by atoms with Gasteiger partial charge in [-0.15, -0.1) is 0 Å². The molecule has 0 spiro atoms. The van der Waals surface area contributed by atoms with Crippen molar-refractivity contribution in [3.63, 3.8) is 0 Å². The highest BCUT2D eigenvalue weighted by Gasteiger charge is 2.47. The minimum Gasteiger partial charge on any atom is -0.390 e. The maximum atomic E-state index is 13.3. The molecule has 1 aromatic heterocycles. The lowest BCUT2D eigenvalue weighted by Gasteiger charge is -2.20. The van der Waals surface area contributed by atoms with Crippen LogP contribution in [0.2, 0.25) is 0 Å². The zero-order valence-corrected chi connectivity index (χ0v) is 8.96. The predicted molar refractivity (Wildman–Crippen MR) is 58.9 cm³/mol. The van der Waals surface area contributed by atoms with Crippen molar-refractivity contribution in [2.75, 3.05) is 18.0 Å². The van der Waals surface area contributed by atoms with Crippen LogP contribution in [0.25, 0.3) is 0 Å². The van der Waals surface area contributed by atoms with Gasteiger partial charge in [0.1, 0.15) is 6.17 Å². The number of alkyl halides is 1. The molecule has 0 unspecified atom stereocenters. The Kier molecular flexibility index (Phi) is 2.32. The van der Waals surface area contributed by atoms with Gasteiger partial charge >= 0.3 is 0 Å². The molecule has 0 bridgehead atoms. The van der Waals surface area contributed by atoms with Gasteiger partial charge in [-0.3, -0.25) is 4.98 Å². The molecular weight excluding hydrogens is 207 g/mol. The highest BCUT2D eigenvalue weighted by molar-refractivity contribution is 5.45. The zero-order valence-electron chi connectivity index (χ0n) is 8.96. The lowest BCUT2D eigenvalue weighted by Crippen LogP contribution is -2.29. The van der Waals surface area contributed by atoms with E-state index in [2.05, 4.69) is 9.88 Å². The normalized spacial score (nSPS) is 37.8. The van der Waals surface area contributed by atoms with Crippen LogP contribution in [0, 0.1) is 11.8 Å². The SMILES string of the molecule is O[C@H]1[C@H]2CN(c3cccnc3)C[C@H]2C[C@@H]1F. The Hall–Kier alpha value is -1.16. The predicted octanol–water partition coefficient (Wildman–Crippen LogP) is 1.24. The zero-order chi connectivity index (χ0) is 11.1. The molecule has 1 saturated carbocycles. The van der Waals surface area contributed by atoms with Crippen LogP contribution in [0.1, 0.15) is 6.42 Å². The van der Waals surface area contributed by atoms with Gasteiger partial charge in [-0.2, -0.15) is 0 Å². The van der Waals surface area contributed by atoms with Crippen molar-refractivity contribution in [1.29, 1.82) is 0 Å². The number of aliphatic hydroxyl groups excluding tert-OH is 1. The van der Waals surface area contributed by atoms with Crippen LogP contribution in [0.5, 0.6) is 0 Å². The Bertz CT molecular complexity index is 373. The lowest BCUT2D eigenvalue weighted by molar-refractivity contribution is 0.0719. The van der Waals surface area contributed by atoms with E-state index in [1.54, 1.807) is 6.20 Å². The summed E-state index contributed by atoms with van der Waals surface area (Å²) in [5.74, 6) is 0.389. The molecule has 16 heavy (non-hydrogen) atoms. The van der Waals surface area contributed by atoms with Gasteiger partial charge in [-0.1, -0.05) is 0 Å². The van der Waals surface area contributed by atoms with E-state index in [9.17, 15) is 9.50 Å². The molecule has 1 aromatic rings. The fraction of sp³-hybridized carbons (Fsp3) is 0.583. The lowest BCUT2D eigenvalue weighted by atomic mass is 9.99. The van der Waals surface area contributed by atoms with Crippen molar-refractivity contribution >= 4 is 5.69 Å². The topological polar surface area (TPSA) is 36.4 Å². The third-order valence-electron chi connectivity index (χ3n) is 3.84. The van der Waals surface area contributed by atoms with E-state index >= 15 is 0 Å². The molecule has 1 aliphatic heterocycles. The van der Waals surface area contributed by atoms with Gasteiger partial charge < -0.3 is 10.0 Å². The Morgan fingerprint density at radius 2 is 2.31 bits per heavy atom. The number of hydrogen-bond acceptors (Lipinski definition) is 3. The Morgan fingerprint density at radius 3 is 3.00 bits per heavy atom. The average molecular weight is 222 g/mol. The summed E-state index contributed by atoms with van der Waals surface area (Å²) < 4.78 is 13.3. The molecule has 0 aromatic carbocycles. The number of halogens is 1. The molecule has 86 valence electrons. The number of pyridine rings is 1. The standard InChI is InChI=1S/C12H15FN2O/c13-11-4-8-6-15(7-10(8)12(11)16)9-2-1-3-14-5-9/h1-3,5,8,10-12,16H,4,6-7H2/t8-,10+,11+,12+/m1/s1. The first-order valence-corrected chi connectivity index (χ1v) is 5.73. The second kappa shape index (κ2) is 3.70. The second-order valence-electron chi connectivity index (χ2n) is 4.78. The second-order valence-corrected chi connectivity index (χ2v) is 4.78. The van der Waals surface area contributed by atoms with E-state index in [0.29, 0.717) is 12.3 Å². The van der Waals surface area contributed by atoms with Crippen LogP contribution in [0.3, 0.4) is 0 Å². The van der Waals surface area contributed by atoms with Gasteiger partial charge in [0.05, 0.1) is 18.0 Å². The van der Waals surface area contributed by atoms with Gasteiger partial charge in [-0.05, 0) is 24.5 Å². The van der Waals surface area contributed by atoms with Gasteiger partial charge in [0.2, 0.25) is 0 Å². The summed E-state index contributed by atoms with van der Waals surface area (Å²) in [5, 5.41) is 9.72. The summed E-state index contributed by atoms with van der Waals surface area (Å²) in [4.78, 5) is 6.27. The molecule has 3 rings (SSSR count). The molecule has 4 atom stereocenters. The molecule has 0 radical (unpaired) electrons. The number of aromatic nitrogens is 1. The summed E-state index contributed by atoms with van der Waals surface area (Å²) in [7, 11) is 0. The fourth-order valence-electron chi connectivity index (χ4n) is 2.98. The largest absolute Gasteiger partial charge is 0.390 e. The van der Waals surface area contributed by atoms with E-state index in [1.165, 1.54) is 0 Å². The fourth-order valence-corrected chi connectivity index (χ4v) is 2.98. The first-order valence-electron chi connectivity index (χ1n) is 5.73. The molecule has 1 N–H and O–H groups in total. The van der Waals surface area contributed by atoms with Crippen LogP contribution in [0.15, 0.2) is 24.5 Å². The van der Waals surface area contributed by atoms with Crippen molar-refractivity contribution in [2.45, 2.75) is 18.7 Å². The smallest absolute Gasteiger partial charge is 0.127 e. The molecule has 1 saturated heterocycles. The van der Waals surface area contributed by atoms with E-state index in [4.69, 9.17) is 0 Å². The number of hydrogen-bond donors (Lipinski definition) is 1. The summed E-state index contributed by atoms with van der Waals surface area (Å²) in [6, 6.07) is 3.91. The van der Waals surface area contributed by atoms with Crippen LogP contribution >= 0.6 is 0 Å². The van der Waals surface area contributed by atoms with Crippen LogP contribution in [-0.4, -0.2) is 35.5 Å². The number of fused-ring (bicyclic) bond motifs is 1. The van der Waals surface area contributed by atoms with Crippen LogP contribution in [0.4, 0.5) is 10.1 Å². The molecular formula is C12H15FN2O. The maximum absolute atomic E-state index is 13.3. The van der Waals surface area contributed by atoms with Crippen molar-refractivity contribution < 1.29 is 9.50 Å². The first kappa shape index (κ1) is 10.0.